The summed E-state index contributed by atoms with van der Waals surface area (Å²) < 4.78 is 5.42. The van der Waals surface area contributed by atoms with Crippen molar-refractivity contribution in [3.05, 3.63) is 44.9 Å². The van der Waals surface area contributed by atoms with Crippen molar-refractivity contribution in [2.24, 2.45) is 0 Å². The number of hydrogen-bond donors (Lipinski definition) is 0. The van der Waals surface area contributed by atoms with E-state index in [4.69, 9.17) is 16.3 Å². The van der Waals surface area contributed by atoms with Crippen LogP contribution in [0, 0.1) is 0 Å². The Kier molecular flexibility index (Phi) is 5.93. The van der Waals surface area contributed by atoms with Crippen molar-refractivity contribution in [3.63, 3.8) is 0 Å². The predicted molar refractivity (Wildman–Crippen MR) is 101 cm³/mol. The number of piperazine rings is 1. The second-order valence-electron chi connectivity index (χ2n) is 6.00. The first-order valence-corrected chi connectivity index (χ1v) is 9.59. The highest BCUT2D eigenvalue weighted by atomic mass is 35.5. The molecular weight excluding hydrogens is 358 g/mol. The van der Waals surface area contributed by atoms with Crippen molar-refractivity contribution in [2.75, 3.05) is 33.3 Å². The average Bonchev–Trinajstić information content (AvgIpc) is 3.11. The van der Waals surface area contributed by atoms with E-state index in [1.54, 1.807) is 13.3 Å². The number of ether oxygens (including phenoxy) is 1. The van der Waals surface area contributed by atoms with Crippen LogP contribution in [0.25, 0.3) is 0 Å². The Morgan fingerprint density at radius 2 is 2.08 bits per heavy atom. The zero-order valence-electron chi connectivity index (χ0n) is 14.5. The first kappa shape index (κ1) is 18.2. The molecule has 0 atom stereocenters. The maximum absolute atomic E-state index is 12.6. The van der Waals surface area contributed by atoms with Gasteiger partial charge in [-0.05, 0) is 24.6 Å². The van der Waals surface area contributed by atoms with Gasteiger partial charge in [0.05, 0.1) is 18.3 Å². The molecule has 0 saturated carbocycles. The van der Waals surface area contributed by atoms with Crippen molar-refractivity contribution in [1.82, 2.24) is 14.8 Å². The van der Waals surface area contributed by atoms with Crippen LogP contribution >= 0.6 is 22.9 Å². The molecule has 25 heavy (non-hydrogen) atoms. The maximum atomic E-state index is 12.6. The molecule has 7 heteroatoms. The molecule has 0 bridgehead atoms. The molecule has 2 heterocycles. The van der Waals surface area contributed by atoms with Gasteiger partial charge in [0, 0.05) is 43.3 Å². The number of aromatic nitrogens is 1. The summed E-state index contributed by atoms with van der Waals surface area (Å²) in [6.45, 7) is 5.94. The predicted octanol–water partition coefficient (Wildman–Crippen LogP) is 3.33. The molecule has 1 aliphatic heterocycles. The Balaban J connectivity index is 1.58. The van der Waals surface area contributed by atoms with E-state index >= 15 is 0 Å². The van der Waals surface area contributed by atoms with Crippen LogP contribution in [0.15, 0.2) is 24.4 Å². The number of benzene rings is 1. The molecule has 0 spiro atoms. The van der Waals surface area contributed by atoms with Gasteiger partial charge in [0.1, 0.15) is 10.6 Å². The van der Waals surface area contributed by atoms with Gasteiger partial charge in [0.15, 0.2) is 0 Å². The summed E-state index contributed by atoms with van der Waals surface area (Å²) in [7, 11) is 1.67. The van der Waals surface area contributed by atoms with Crippen molar-refractivity contribution in [3.8, 4) is 5.75 Å². The minimum absolute atomic E-state index is 0.0946. The molecule has 0 radical (unpaired) electrons. The summed E-state index contributed by atoms with van der Waals surface area (Å²) in [4.78, 5) is 21.8. The quantitative estimate of drug-likeness (QED) is 0.799. The maximum Gasteiger partial charge on any atom is 0.265 e. The van der Waals surface area contributed by atoms with E-state index in [1.165, 1.54) is 11.3 Å². The number of methoxy groups -OCH3 is 1. The molecule has 1 aliphatic rings. The smallest absolute Gasteiger partial charge is 0.265 e. The third kappa shape index (κ3) is 4.32. The number of halogens is 1. The molecule has 1 amide bonds. The van der Waals surface area contributed by atoms with Crippen molar-refractivity contribution >= 4 is 28.8 Å². The first-order valence-electron chi connectivity index (χ1n) is 8.39. The zero-order chi connectivity index (χ0) is 17.8. The fourth-order valence-electron chi connectivity index (χ4n) is 2.95. The molecular formula is C18H22ClN3O2S. The van der Waals surface area contributed by atoms with Gasteiger partial charge in [-0.3, -0.25) is 9.69 Å². The summed E-state index contributed by atoms with van der Waals surface area (Å²) in [5.41, 5.74) is 1.07. The number of rotatable bonds is 5. The number of carbonyl (C=O) groups excluding carboxylic acids is 1. The Labute approximate surface area is 157 Å². The normalized spacial score (nSPS) is 15.4. The first-order chi connectivity index (χ1) is 12.1. The van der Waals surface area contributed by atoms with Crippen LogP contribution in [-0.2, 0) is 13.0 Å². The van der Waals surface area contributed by atoms with Gasteiger partial charge in [-0.15, -0.1) is 11.3 Å². The van der Waals surface area contributed by atoms with Crippen LogP contribution in [-0.4, -0.2) is 54.0 Å². The fourth-order valence-corrected chi connectivity index (χ4v) is 3.97. The molecule has 2 aromatic rings. The van der Waals surface area contributed by atoms with Gasteiger partial charge in [0.25, 0.3) is 5.91 Å². The van der Waals surface area contributed by atoms with E-state index in [-0.39, 0.29) is 5.91 Å². The number of amides is 1. The fraction of sp³-hybridized carbons (Fsp3) is 0.444. The van der Waals surface area contributed by atoms with Crippen LogP contribution in [0.1, 0.15) is 27.2 Å². The summed E-state index contributed by atoms with van der Waals surface area (Å²) >= 11 is 7.60. The molecule has 1 aromatic heterocycles. The number of carbonyl (C=O) groups is 1. The highest BCUT2D eigenvalue weighted by Gasteiger charge is 2.24. The van der Waals surface area contributed by atoms with Crippen LogP contribution in [0.3, 0.4) is 0 Å². The summed E-state index contributed by atoms with van der Waals surface area (Å²) in [6, 6.07) is 5.67. The van der Waals surface area contributed by atoms with Gasteiger partial charge in [-0.1, -0.05) is 18.5 Å². The van der Waals surface area contributed by atoms with E-state index in [0.29, 0.717) is 5.02 Å². The number of thiazole rings is 1. The third-order valence-corrected chi connectivity index (χ3v) is 5.73. The average molecular weight is 380 g/mol. The standard InChI is InChI=1S/C18H22ClN3O2S/c1-3-17-20-11-16(25-17)18(23)22-8-6-21(7-9-22)12-13-10-14(19)4-5-15(13)24-2/h4-5,10-11H,3,6-9,12H2,1-2H3. The van der Waals surface area contributed by atoms with Gasteiger partial charge < -0.3 is 9.64 Å². The zero-order valence-corrected chi connectivity index (χ0v) is 16.1. The SMILES string of the molecule is CCc1ncc(C(=O)N2CCN(Cc3cc(Cl)ccc3OC)CC2)s1. The third-order valence-electron chi connectivity index (χ3n) is 4.36. The molecule has 134 valence electrons. The van der Waals surface area contributed by atoms with Crippen LogP contribution in [0.2, 0.25) is 5.02 Å². The second kappa shape index (κ2) is 8.17. The van der Waals surface area contributed by atoms with Crippen molar-refractivity contribution in [2.45, 2.75) is 19.9 Å². The lowest BCUT2D eigenvalue weighted by Gasteiger charge is -2.34. The topological polar surface area (TPSA) is 45.7 Å². The lowest BCUT2D eigenvalue weighted by molar-refractivity contribution is 0.0632. The molecule has 1 fully saturated rings. The van der Waals surface area contributed by atoms with Crippen molar-refractivity contribution < 1.29 is 9.53 Å². The van der Waals surface area contributed by atoms with Crippen LogP contribution in [0.4, 0.5) is 0 Å². The highest BCUT2D eigenvalue weighted by molar-refractivity contribution is 7.13. The second-order valence-corrected chi connectivity index (χ2v) is 7.55. The molecule has 3 rings (SSSR count). The number of nitrogens with zero attached hydrogens (tertiary/aromatic N) is 3. The summed E-state index contributed by atoms with van der Waals surface area (Å²) in [6.07, 6.45) is 2.57. The van der Waals surface area contributed by atoms with Crippen LogP contribution in [0.5, 0.6) is 5.75 Å². The monoisotopic (exact) mass is 379 g/mol. The van der Waals surface area contributed by atoms with Gasteiger partial charge in [-0.25, -0.2) is 4.98 Å². The Morgan fingerprint density at radius 3 is 2.72 bits per heavy atom. The Morgan fingerprint density at radius 1 is 1.32 bits per heavy atom. The van der Waals surface area contributed by atoms with E-state index in [0.717, 1.165) is 60.3 Å². The van der Waals surface area contributed by atoms with E-state index in [9.17, 15) is 4.79 Å². The Hall–Kier alpha value is -1.63. The summed E-state index contributed by atoms with van der Waals surface area (Å²) in [5.74, 6) is 0.942. The van der Waals surface area contributed by atoms with Gasteiger partial charge in [0.2, 0.25) is 0 Å². The largest absolute Gasteiger partial charge is 0.496 e. The molecule has 1 saturated heterocycles. The molecule has 1 aromatic carbocycles. The highest BCUT2D eigenvalue weighted by Crippen LogP contribution is 2.25. The molecule has 0 unspecified atom stereocenters. The number of hydrogen-bond acceptors (Lipinski definition) is 5. The molecule has 0 N–H and O–H groups in total. The van der Waals surface area contributed by atoms with E-state index in [1.807, 2.05) is 23.1 Å². The van der Waals surface area contributed by atoms with Gasteiger partial charge >= 0.3 is 0 Å². The van der Waals surface area contributed by atoms with E-state index < -0.39 is 0 Å². The molecule has 0 aliphatic carbocycles. The number of aryl methyl sites for hydroxylation is 1. The minimum atomic E-state index is 0.0946. The lowest BCUT2D eigenvalue weighted by Crippen LogP contribution is -2.48. The van der Waals surface area contributed by atoms with E-state index in [2.05, 4.69) is 16.8 Å². The van der Waals surface area contributed by atoms with Crippen LogP contribution < -0.4 is 4.74 Å². The minimum Gasteiger partial charge on any atom is -0.496 e. The Bertz CT molecular complexity index is 742. The van der Waals surface area contributed by atoms with Gasteiger partial charge in [-0.2, -0.15) is 0 Å². The molecule has 5 nitrogen and oxygen atoms in total. The van der Waals surface area contributed by atoms with Crippen molar-refractivity contribution in [1.29, 1.82) is 0 Å². The lowest BCUT2D eigenvalue weighted by atomic mass is 10.1. The summed E-state index contributed by atoms with van der Waals surface area (Å²) in [5, 5.41) is 1.72.